The molecule has 1 fully saturated rings. The third kappa shape index (κ3) is 4.94. The quantitative estimate of drug-likeness (QED) is 0.503. The molecule has 0 aromatic rings. The number of hydrogen-bond acceptors (Lipinski definition) is 4. The Balaban J connectivity index is 2.16. The average Bonchev–Trinajstić information content (AvgIpc) is 3.17. The summed E-state index contributed by atoms with van der Waals surface area (Å²) in [5.74, 6) is 0.781. The Morgan fingerprint density at radius 2 is 2.11 bits per heavy atom. The van der Waals surface area contributed by atoms with E-state index in [2.05, 4.69) is 17.3 Å². The highest BCUT2D eigenvalue weighted by Crippen LogP contribution is 2.29. The maximum absolute atomic E-state index is 11.7. The molecule has 1 saturated carbocycles. The van der Waals surface area contributed by atoms with Crippen LogP contribution in [0.1, 0.15) is 39.0 Å². The first-order valence-corrected chi connectivity index (χ1v) is 6.97. The standard InChI is InChI=1S/C14H28N2O2/c1-14(15-2,13(17)18-4)9-5-6-10-16(3)11-12-7-8-12/h12,15H,5-11H2,1-4H3. The lowest BCUT2D eigenvalue weighted by Crippen LogP contribution is -2.48. The SMILES string of the molecule is CNC(C)(CCCCN(C)CC1CC1)C(=O)OC. The second-order valence-electron chi connectivity index (χ2n) is 5.74. The Bertz CT molecular complexity index is 267. The zero-order valence-electron chi connectivity index (χ0n) is 12.3. The Labute approximate surface area is 111 Å². The van der Waals surface area contributed by atoms with Crippen LogP contribution < -0.4 is 5.32 Å². The number of ether oxygens (including phenoxy) is 1. The Hall–Kier alpha value is -0.610. The van der Waals surface area contributed by atoms with E-state index >= 15 is 0 Å². The molecule has 0 aliphatic heterocycles. The van der Waals surface area contributed by atoms with E-state index < -0.39 is 5.54 Å². The molecule has 0 aromatic heterocycles. The van der Waals surface area contributed by atoms with Crippen LogP contribution in [0.25, 0.3) is 0 Å². The van der Waals surface area contributed by atoms with E-state index in [1.807, 2.05) is 14.0 Å². The second kappa shape index (κ2) is 7.10. The van der Waals surface area contributed by atoms with Gasteiger partial charge in [-0.2, -0.15) is 0 Å². The Morgan fingerprint density at radius 1 is 1.44 bits per heavy atom. The summed E-state index contributed by atoms with van der Waals surface area (Å²) in [4.78, 5) is 14.1. The summed E-state index contributed by atoms with van der Waals surface area (Å²) >= 11 is 0. The van der Waals surface area contributed by atoms with E-state index in [0.29, 0.717) is 0 Å². The maximum Gasteiger partial charge on any atom is 0.325 e. The minimum Gasteiger partial charge on any atom is -0.468 e. The van der Waals surface area contributed by atoms with Crippen LogP contribution in [-0.2, 0) is 9.53 Å². The summed E-state index contributed by atoms with van der Waals surface area (Å²) in [7, 11) is 5.45. The summed E-state index contributed by atoms with van der Waals surface area (Å²) in [6.07, 6.45) is 5.82. The molecule has 0 spiro atoms. The molecule has 106 valence electrons. The van der Waals surface area contributed by atoms with Crippen molar-refractivity contribution in [2.75, 3.05) is 34.3 Å². The highest BCUT2D eigenvalue weighted by atomic mass is 16.5. The first kappa shape index (κ1) is 15.4. The molecule has 1 rings (SSSR count). The smallest absolute Gasteiger partial charge is 0.325 e. The van der Waals surface area contributed by atoms with Crippen LogP contribution in [0.15, 0.2) is 0 Å². The van der Waals surface area contributed by atoms with Crippen molar-refractivity contribution >= 4 is 5.97 Å². The lowest BCUT2D eigenvalue weighted by Gasteiger charge is -2.26. The Morgan fingerprint density at radius 3 is 2.61 bits per heavy atom. The molecule has 1 atom stereocenters. The van der Waals surface area contributed by atoms with E-state index in [-0.39, 0.29) is 5.97 Å². The molecule has 0 aromatic carbocycles. The molecule has 4 nitrogen and oxygen atoms in total. The highest BCUT2D eigenvalue weighted by Gasteiger charge is 2.31. The van der Waals surface area contributed by atoms with Gasteiger partial charge in [-0.15, -0.1) is 0 Å². The van der Waals surface area contributed by atoms with Crippen molar-refractivity contribution < 1.29 is 9.53 Å². The first-order chi connectivity index (χ1) is 8.51. The van der Waals surface area contributed by atoms with Crippen LogP contribution >= 0.6 is 0 Å². The Kier molecular flexibility index (Phi) is 6.09. The van der Waals surface area contributed by atoms with Crippen molar-refractivity contribution in [3.05, 3.63) is 0 Å². The number of unbranched alkanes of at least 4 members (excludes halogenated alkanes) is 1. The van der Waals surface area contributed by atoms with Crippen molar-refractivity contribution in [3.63, 3.8) is 0 Å². The van der Waals surface area contributed by atoms with Gasteiger partial charge >= 0.3 is 5.97 Å². The fourth-order valence-corrected chi connectivity index (χ4v) is 2.25. The minimum atomic E-state index is -0.538. The van der Waals surface area contributed by atoms with E-state index in [4.69, 9.17) is 4.74 Å². The predicted octanol–water partition coefficient (Wildman–Crippen LogP) is 1.65. The molecule has 1 aliphatic rings. The van der Waals surface area contributed by atoms with Gasteiger partial charge in [-0.25, -0.2) is 0 Å². The molecule has 0 heterocycles. The van der Waals surface area contributed by atoms with Gasteiger partial charge in [0.15, 0.2) is 0 Å². The van der Waals surface area contributed by atoms with Gasteiger partial charge in [-0.05, 0) is 65.6 Å². The number of nitrogens with one attached hydrogen (secondary N) is 1. The number of hydrogen-bond donors (Lipinski definition) is 1. The van der Waals surface area contributed by atoms with Gasteiger partial charge in [0.2, 0.25) is 0 Å². The van der Waals surface area contributed by atoms with Crippen LogP contribution in [0.4, 0.5) is 0 Å². The largest absolute Gasteiger partial charge is 0.468 e. The predicted molar refractivity (Wildman–Crippen MR) is 73.6 cm³/mol. The van der Waals surface area contributed by atoms with Crippen molar-refractivity contribution in [2.24, 2.45) is 5.92 Å². The van der Waals surface area contributed by atoms with Gasteiger partial charge in [0.25, 0.3) is 0 Å². The fourth-order valence-electron chi connectivity index (χ4n) is 2.25. The lowest BCUT2D eigenvalue weighted by molar-refractivity contribution is -0.148. The molecule has 0 bridgehead atoms. The number of methoxy groups -OCH3 is 1. The normalized spacial score (nSPS) is 18.7. The van der Waals surface area contributed by atoms with Crippen molar-refractivity contribution in [1.82, 2.24) is 10.2 Å². The number of carbonyl (C=O) groups excluding carboxylic acids is 1. The molecule has 4 heteroatoms. The third-order valence-electron chi connectivity index (χ3n) is 3.92. The molecule has 1 aliphatic carbocycles. The zero-order valence-corrected chi connectivity index (χ0v) is 12.3. The molecular weight excluding hydrogens is 228 g/mol. The number of esters is 1. The van der Waals surface area contributed by atoms with Crippen LogP contribution in [0.3, 0.4) is 0 Å². The zero-order chi connectivity index (χ0) is 13.6. The molecular formula is C14H28N2O2. The second-order valence-corrected chi connectivity index (χ2v) is 5.74. The minimum absolute atomic E-state index is 0.170. The van der Waals surface area contributed by atoms with E-state index in [1.165, 1.54) is 26.5 Å². The van der Waals surface area contributed by atoms with Crippen LogP contribution in [-0.4, -0.2) is 50.7 Å². The number of carbonyl (C=O) groups is 1. The fraction of sp³-hybridized carbons (Fsp3) is 0.929. The summed E-state index contributed by atoms with van der Waals surface area (Å²) in [5.41, 5.74) is -0.538. The highest BCUT2D eigenvalue weighted by molar-refractivity contribution is 5.80. The van der Waals surface area contributed by atoms with E-state index in [0.717, 1.165) is 31.7 Å². The van der Waals surface area contributed by atoms with Gasteiger partial charge < -0.3 is 15.0 Å². The molecule has 0 saturated heterocycles. The average molecular weight is 256 g/mol. The molecule has 0 radical (unpaired) electrons. The summed E-state index contributed by atoms with van der Waals surface area (Å²) in [6, 6.07) is 0. The maximum atomic E-state index is 11.7. The molecule has 1 N–H and O–H groups in total. The topological polar surface area (TPSA) is 41.6 Å². The van der Waals surface area contributed by atoms with Gasteiger partial charge in [0, 0.05) is 6.54 Å². The lowest BCUT2D eigenvalue weighted by atomic mass is 9.95. The monoisotopic (exact) mass is 256 g/mol. The van der Waals surface area contributed by atoms with Crippen LogP contribution in [0.2, 0.25) is 0 Å². The summed E-state index contributed by atoms with van der Waals surface area (Å²) in [5, 5.41) is 3.07. The van der Waals surface area contributed by atoms with Crippen molar-refractivity contribution in [3.8, 4) is 0 Å². The summed E-state index contributed by atoms with van der Waals surface area (Å²) < 4.78 is 4.83. The number of rotatable bonds is 9. The van der Waals surface area contributed by atoms with Gasteiger partial charge in [-0.3, -0.25) is 4.79 Å². The van der Waals surface area contributed by atoms with Crippen molar-refractivity contribution in [2.45, 2.75) is 44.6 Å². The first-order valence-electron chi connectivity index (χ1n) is 6.97. The van der Waals surface area contributed by atoms with Crippen LogP contribution in [0, 0.1) is 5.92 Å². The van der Waals surface area contributed by atoms with Crippen LogP contribution in [0.5, 0.6) is 0 Å². The van der Waals surface area contributed by atoms with Gasteiger partial charge in [0.05, 0.1) is 7.11 Å². The van der Waals surface area contributed by atoms with Gasteiger partial charge in [0.1, 0.15) is 5.54 Å². The third-order valence-corrected chi connectivity index (χ3v) is 3.92. The van der Waals surface area contributed by atoms with E-state index in [1.54, 1.807) is 0 Å². The van der Waals surface area contributed by atoms with Crippen molar-refractivity contribution in [1.29, 1.82) is 0 Å². The molecule has 0 amide bonds. The van der Waals surface area contributed by atoms with Gasteiger partial charge in [-0.1, -0.05) is 0 Å². The van der Waals surface area contributed by atoms with E-state index in [9.17, 15) is 4.79 Å². The summed E-state index contributed by atoms with van der Waals surface area (Å²) in [6.45, 7) is 4.27. The molecule has 18 heavy (non-hydrogen) atoms. The molecule has 1 unspecified atom stereocenters. The number of nitrogens with zero attached hydrogens (tertiary/aromatic N) is 1. The number of likely N-dealkylation sites (N-methyl/N-ethyl adjacent to an activating group) is 1.